The molecule has 1 aliphatic carbocycles. The van der Waals surface area contributed by atoms with Crippen molar-refractivity contribution in [2.45, 2.75) is 32.1 Å². The Hall–Kier alpha value is -1.14. The summed E-state index contributed by atoms with van der Waals surface area (Å²) in [5, 5.41) is 2.66. The van der Waals surface area contributed by atoms with Gasteiger partial charge in [-0.3, -0.25) is 9.59 Å². The van der Waals surface area contributed by atoms with Crippen LogP contribution in [0.1, 0.15) is 24.6 Å². The summed E-state index contributed by atoms with van der Waals surface area (Å²) in [6.07, 6.45) is 3.94. The van der Waals surface area contributed by atoms with Gasteiger partial charge in [0.15, 0.2) is 5.13 Å². The normalized spacial score (nSPS) is 15.8. The van der Waals surface area contributed by atoms with E-state index in [-0.39, 0.29) is 18.4 Å². The third-order valence-electron chi connectivity index (χ3n) is 3.03. The first kappa shape index (κ1) is 15.3. The molecule has 0 bridgehead atoms. The fourth-order valence-electron chi connectivity index (χ4n) is 1.84. The lowest BCUT2D eigenvalue weighted by atomic mass is 10.3. The number of carbonyl (C=O) groups is 2. The Morgan fingerprint density at radius 3 is 2.80 bits per heavy atom. The van der Waals surface area contributed by atoms with E-state index in [1.165, 1.54) is 11.3 Å². The minimum Gasteiger partial charge on any atom is -0.332 e. The Morgan fingerprint density at radius 1 is 1.60 bits per heavy atom. The lowest BCUT2D eigenvalue weighted by Gasteiger charge is -2.23. The Bertz CT molecular complexity index is 500. The van der Waals surface area contributed by atoms with Crippen molar-refractivity contribution in [2.75, 3.05) is 18.4 Å². The van der Waals surface area contributed by atoms with Gasteiger partial charge in [0.1, 0.15) is 5.38 Å². The molecule has 1 fully saturated rings. The largest absolute Gasteiger partial charge is 0.332 e. The van der Waals surface area contributed by atoms with Gasteiger partial charge in [-0.15, -0.1) is 22.9 Å². The van der Waals surface area contributed by atoms with Gasteiger partial charge in [-0.25, -0.2) is 4.98 Å². The molecule has 1 aromatic rings. The first-order valence-corrected chi connectivity index (χ1v) is 7.86. The molecule has 0 spiro atoms. The van der Waals surface area contributed by atoms with Crippen molar-refractivity contribution in [2.24, 2.45) is 5.92 Å². The number of nitrogens with one attached hydrogen (secondary N) is 1. The minimum absolute atomic E-state index is 0.0328. The number of hydrogen-bond acceptors (Lipinski definition) is 4. The number of anilines is 1. The average molecular weight is 316 g/mol. The zero-order valence-corrected chi connectivity index (χ0v) is 13.1. The van der Waals surface area contributed by atoms with Crippen LogP contribution >= 0.6 is 22.9 Å². The van der Waals surface area contributed by atoms with Crippen molar-refractivity contribution in [1.82, 2.24) is 9.88 Å². The van der Waals surface area contributed by atoms with E-state index in [9.17, 15) is 9.59 Å². The predicted molar refractivity (Wildman–Crippen MR) is 80.1 cm³/mol. The molecule has 1 aromatic heterocycles. The molecule has 5 nitrogen and oxygen atoms in total. The highest BCUT2D eigenvalue weighted by molar-refractivity contribution is 7.15. The zero-order chi connectivity index (χ0) is 14.7. The van der Waals surface area contributed by atoms with E-state index in [1.54, 1.807) is 18.0 Å². The van der Waals surface area contributed by atoms with Crippen molar-refractivity contribution in [3.63, 3.8) is 0 Å². The van der Waals surface area contributed by atoms with Gasteiger partial charge in [-0.05, 0) is 32.6 Å². The van der Waals surface area contributed by atoms with Gasteiger partial charge in [-0.1, -0.05) is 0 Å². The van der Waals surface area contributed by atoms with Crippen LogP contribution in [-0.2, 0) is 9.59 Å². The Balaban J connectivity index is 1.92. The number of aromatic nitrogens is 1. The highest BCUT2D eigenvalue weighted by Gasteiger charge is 2.29. The quantitative estimate of drug-likeness (QED) is 0.819. The number of amides is 2. The molecular weight excluding hydrogens is 298 g/mol. The third-order valence-corrected chi connectivity index (χ3v) is 4.04. The maximum Gasteiger partial charge on any atom is 0.245 e. The second-order valence-corrected chi connectivity index (χ2v) is 6.99. The van der Waals surface area contributed by atoms with Gasteiger partial charge < -0.3 is 10.2 Å². The molecule has 1 N–H and O–H groups in total. The number of aryl methyl sites for hydroxylation is 1. The monoisotopic (exact) mass is 315 g/mol. The average Bonchev–Trinajstić information content (AvgIpc) is 3.10. The summed E-state index contributed by atoms with van der Waals surface area (Å²) >= 11 is 7.25. The first-order valence-electron chi connectivity index (χ1n) is 6.61. The summed E-state index contributed by atoms with van der Waals surface area (Å²) < 4.78 is 0. The second kappa shape index (κ2) is 6.54. The number of nitrogens with zero attached hydrogens (tertiary/aromatic N) is 2. The van der Waals surface area contributed by atoms with Crippen LogP contribution in [0.2, 0.25) is 0 Å². The van der Waals surface area contributed by atoms with E-state index < -0.39 is 5.38 Å². The maximum absolute atomic E-state index is 12.0. The number of thiazole rings is 1. The van der Waals surface area contributed by atoms with E-state index in [0.717, 1.165) is 17.7 Å². The van der Waals surface area contributed by atoms with Gasteiger partial charge >= 0.3 is 0 Å². The molecule has 20 heavy (non-hydrogen) atoms. The summed E-state index contributed by atoms with van der Waals surface area (Å²) in [5.41, 5.74) is 0. The Kier molecular flexibility index (Phi) is 4.99. The molecule has 110 valence electrons. The molecule has 0 saturated heterocycles. The topological polar surface area (TPSA) is 62.3 Å². The van der Waals surface area contributed by atoms with Crippen LogP contribution in [0, 0.1) is 12.8 Å². The smallest absolute Gasteiger partial charge is 0.245 e. The summed E-state index contributed by atoms with van der Waals surface area (Å²) in [5.74, 6) is 0.0963. The number of halogens is 1. The molecule has 2 amide bonds. The zero-order valence-electron chi connectivity index (χ0n) is 11.6. The number of hydrogen-bond donors (Lipinski definition) is 1. The van der Waals surface area contributed by atoms with Crippen molar-refractivity contribution >= 4 is 39.9 Å². The number of alkyl halides is 1. The van der Waals surface area contributed by atoms with Gasteiger partial charge in [0.2, 0.25) is 11.8 Å². The summed E-state index contributed by atoms with van der Waals surface area (Å²) in [7, 11) is 0. The molecule has 0 radical (unpaired) electrons. The summed E-state index contributed by atoms with van der Waals surface area (Å²) in [4.78, 5) is 30.6. The third kappa shape index (κ3) is 4.45. The number of carbonyl (C=O) groups excluding carboxylic acids is 2. The molecule has 2 rings (SSSR count). The van der Waals surface area contributed by atoms with Gasteiger partial charge in [0, 0.05) is 17.6 Å². The highest BCUT2D eigenvalue weighted by Crippen LogP contribution is 2.30. The van der Waals surface area contributed by atoms with Crippen LogP contribution in [0.4, 0.5) is 5.13 Å². The van der Waals surface area contributed by atoms with Crippen molar-refractivity contribution in [3.05, 3.63) is 11.1 Å². The summed E-state index contributed by atoms with van der Waals surface area (Å²) in [6.45, 7) is 4.20. The fraction of sp³-hybridized carbons (Fsp3) is 0.615. The molecule has 1 atom stereocenters. The van der Waals surface area contributed by atoms with Crippen LogP contribution in [-0.4, -0.2) is 40.2 Å². The van der Waals surface area contributed by atoms with Crippen LogP contribution in [0.15, 0.2) is 6.20 Å². The molecule has 0 aromatic carbocycles. The standard InChI is InChI=1S/C13H18ClN3O2S/c1-8-5-15-13(20-8)16-11(18)7-17(6-10-3-4-10)12(19)9(2)14/h5,9-10H,3-4,6-7H2,1-2H3,(H,15,16,18)/t9-/m0/s1. The van der Waals surface area contributed by atoms with Gasteiger partial charge in [0.25, 0.3) is 0 Å². The summed E-state index contributed by atoms with van der Waals surface area (Å²) in [6, 6.07) is 0. The second-order valence-electron chi connectivity index (χ2n) is 5.10. The molecule has 0 unspecified atom stereocenters. The van der Waals surface area contributed by atoms with Crippen molar-refractivity contribution in [1.29, 1.82) is 0 Å². The van der Waals surface area contributed by atoms with Crippen LogP contribution in [0.25, 0.3) is 0 Å². The number of rotatable bonds is 6. The van der Waals surface area contributed by atoms with Gasteiger partial charge in [-0.2, -0.15) is 0 Å². The molecule has 0 aliphatic heterocycles. The van der Waals surface area contributed by atoms with E-state index >= 15 is 0 Å². The molecule has 1 saturated carbocycles. The van der Waals surface area contributed by atoms with Crippen LogP contribution in [0.5, 0.6) is 0 Å². The lowest BCUT2D eigenvalue weighted by Crippen LogP contribution is -2.42. The fourth-order valence-corrected chi connectivity index (χ4v) is 2.66. The minimum atomic E-state index is -0.608. The predicted octanol–water partition coefficient (Wildman–Crippen LogP) is 2.26. The van der Waals surface area contributed by atoms with Gasteiger partial charge in [0.05, 0.1) is 6.54 Å². The Labute approximate surface area is 127 Å². The molecule has 7 heteroatoms. The van der Waals surface area contributed by atoms with Crippen molar-refractivity contribution in [3.8, 4) is 0 Å². The van der Waals surface area contributed by atoms with Crippen molar-refractivity contribution < 1.29 is 9.59 Å². The maximum atomic E-state index is 12.0. The molecule has 1 aliphatic rings. The van der Waals surface area contributed by atoms with Crippen LogP contribution in [0.3, 0.4) is 0 Å². The van der Waals surface area contributed by atoms with E-state index in [2.05, 4.69) is 10.3 Å². The SMILES string of the molecule is Cc1cnc(NC(=O)CN(CC2CC2)C(=O)[C@H](C)Cl)s1. The van der Waals surface area contributed by atoms with E-state index in [1.807, 2.05) is 6.92 Å². The van der Waals surface area contributed by atoms with Crippen LogP contribution < -0.4 is 5.32 Å². The molecular formula is C13H18ClN3O2S. The lowest BCUT2D eigenvalue weighted by molar-refractivity contribution is -0.134. The van der Waals surface area contributed by atoms with E-state index in [4.69, 9.17) is 11.6 Å². The highest BCUT2D eigenvalue weighted by atomic mass is 35.5. The Morgan fingerprint density at radius 2 is 2.30 bits per heavy atom. The molecule has 1 heterocycles. The van der Waals surface area contributed by atoms with E-state index in [0.29, 0.717) is 17.6 Å². The first-order chi connectivity index (χ1) is 9.45.